The number of carbonyl (C=O) groups excluding carboxylic acids is 1. The zero-order valence-electron chi connectivity index (χ0n) is 16.9. The molecule has 0 saturated heterocycles. The van der Waals surface area contributed by atoms with Crippen LogP contribution in [0.5, 0.6) is 11.5 Å². The van der Waals surface area contributed by atoms with Crippen LogP contribution in [0.1, 0.15) is 34.6 Å². The molecule has 0 spiro atoms. The van der Waals surface area contributed by atoms with Gasteiger partial charge in [0.1, 0.15) is 11.5 Å². The maximum absolute atomic E-state index is 12.8. The summed E-state index contributed by atoms with van der Waals surface area (Å²) < 4.78 is 10.3. The van der Waals surface area contributed by atoms with Crippen LogP contribution in [0.4, 0.5) is 0 Å². The number of carboxylic acid groups (broad SMARTS) is 1. The van der Waals surface area contributed by atoms with Crippen molar-refractivity contribution in [1.29, 1.82) is 0 Å². The molecular formula is C23H24O5S. The van der Waals surface area contributed by atoms with E-state index < -0.39 is 5.97 Å². The van der Waals surface area contributed by atoms with Crippen LogP contribution in [0.3, 0.4) is 0 Å². The zero-order chi connectivity index (χ0) is 21.4. The monoisotopic (exact) mass is 412 g/mol. The standard InChI is InChI=1S/C21H18O5S.C2H6/c1-25-16-7-3-13(4-8-16)20(24)18-11-15(12-19(22)23)21(27-18)14-5-9-17(26-2)10-6-14;1-2/h3-11H,12H2,1-2H3,(H,22,23);1-2H3. The third-order valence-corrected chi connectivity index (χ3v) is 5.30. The molecule has 0 fully saturated rings. The summed E-state index contributed by atoms with van der Waals surface area (Å²) in [7, 11) is 3.15. The molecule has 0 aliphatic rings. The van der Waals surface area contributed by atoms with Gasteiger partial charge in [-0.05, 0) is 65.7 Å². The van der Waals surface area contributed by atoms with E-state index in [-0.39, 0.29) is 12.2 Å². The van der Waals surface area contributed by atoms with E-state index in [1.807, 2.05) is 38.1 Å². The van der Waals surface area contributed by atoms with E-state index in [1.165, 1.54) is 11.3 Å². The summed E-state index contributed by atoms with van der Waals surface area (Å²) in [6.07, 6.45) is -0.145. The first-order chi connectivity index (χ1) is 14.0. The summed E-state index contributed by atoms with van der Waals surface area (Å²) in [5, 5.41) is 9.23. The second-order valence-electron chi connectivity index (χ2n) is 5.82. The number of ether oxygens (including phenoxy) is 2. The lowest BCUT2D eigenvalue weighted by Gasteiger charge is -2.04. The van der Waals surface area contributed by atoms with Crippen molar-refractivity contribution in [2.75, 3.05) is 14.2 Å². The van der Waals surface area contributed by atoms with Crippen molar-refractivity contribution in [3.63, 3.8) is 0 Å². The molecule has 0 aliphatic heterocycles. The number of thiophene rings is 1. The first-order valence-electron chi connectivity index (χ1n) is 9.19. The van der Waals surface area contributed by atoms with Crippen molar-refractivity contribution in [2.24, 2.45) is 0 Å². The van der Waals surface area contributed by atoms with Crippen LogP contribution in [-0.4, -0.2) is 31.1 Å². The van der Waals surface area contributed by atoms with Crippen LogP contribution in [0, 0.1) is 0 Å². The lowest BCUT2D eigenvalue weighted by atomic mass is 10.0. The van der Waals surface area contributed by atoms with E-state index >= 15 is 0 Å². The Balaban J connectivity index is 0.00000145. The molecule has 1 N–H and O–H groups in total. The lowest BCUT2D eigenvalue weighted by Crippen LogP contribution is -2.01. The number of hydrogen-bond donors (Lipinski definition) is 1. The highest BCUT2D eigenvalue weighted by molar-refractivity contribution is 7.17. The molecule has 0 saturated carbocycles. The second-order valence-corrected chi connectivity index (χ2v) is 6.87. The van der Waals surface area contributed by atoms with Crippen molar-refractivity contribution >= 4 is 23.1 Å². The van der Waals surface area contributed by atoms with Crippen molar-refractivity contribution < 1.29 is 24.2 Å². The van der Waals surface area contributed by atoms with Gasteiger partial charge < -0.3 is 14.6 Å². The largest absolute Gasteiger partial charge is 0.497 e. The normalized spacial score (nSPS) is 9.93. The smallest absolute Gasteiger partial charge is 0.307 e. The van der Waals surface area contributed by atoms with Crippen LogP contribution in [-0.2, 0) is 11.2 Å². The van der Waals surface area contributed by atoms with Gasteiger partial charge >= 0.3 is 5.97 Å². The van der Waals surface area contributed by atoms with E-state index in [0.29, 0.717) is 27.5 Å². The van der Waals surface area contributed by atoms with E-state index in [4.69, 9.17) is 9.47 Å². The fourth-order valence-electron chi connectivity index (χ4n) is 2.71. The molecule has 1 aromatic heterocycles. The molecule has 0 aliphatic carbocycles. The first kappa shape index (κ1) is 22.2. The number of methoxy groups -OCH3 is 2. The minimum atomic E-state index is -0.939. The maximum atomic E-state index is 12.8. The Hall–Kier alpha value is -3.12. The highest BCUT2D eigenvalue weighted by Gasteiger charge is 2.19. The van der Waals surface area contributed by atoms with Gasteiger partial charge in [0.15, 0.2) is 0 Å². The van der Waals surface area contributed by atoms with Crippen molar-refractivity contribution in [3.8, 4) is 21.9 Å². The maximum Gasteiger partial charge on any atom is 0.307 e. The molecular weight excluding hydrogens is 388 g/mol. The van der Waals surface area contributed by atoms with Crippen LogP contribution >= 0.6 is 11.3 Å². The molecule has 0 radical (unpaired) electrons. The van der Waals surface area contributed by atoms with Gasteiger partial charge in [0.05, 0.1) is 25.5 Å². The molecule has 0 unspecified atom stereocenters. The van der Waals surface area contributed by atoms with Crippen molar-refractivity contribution in [2.45, 2.75) is 20.3 Å². The number of benzene rings is 2. The average Bonchev–Trinajstić information content (AvgIpc) is 3.17. The van der Waals surface area contributed by atoms with Crippen molar-refractivity contribution in [1.82, 2.24) is 0 Å². The second kappa shape index (κ2) is 10.4. The molecule has 1 heterocycles. The van der Waals surface area contributed by atoms with Crippen molar-refractivity contribution in [3.05, 3.63) is 70.6 Å². The number of rotatable bonds is 7. The van der Waals surface area contributed by atoms with E-state index in [0.717, 1.165) is 10.4 Å². The number of ketones is 1. The SMILES string of the molecule is CC.COc1ccc(C(=O)c2cc(CC(=O)O)c(-c3ccc(OC)cc3)s2)cc1. The Morgan fingerprint density at radius 3 is 1.90 bits per heavy atom. The van der Waals surface area contributed by atoms with Crippen LogP contribution in [0.25, 0.3) is 10.4 Å². The van der Waals surface area contributed by atoms with Crippen LogP contribution in [0.2, 0.25) is 0 Å². The summed E-state index contributed by atoms with van der Waals surface area (Å²) in [4.78, 5) is 25.4. The Labute approximate surface area is 174 Å². The molecule has 5 nitrogen and oxygen atoms in total. The Kier molecular flexibility index (Phi) is 7.98. The zero-order valence-corrected chi connectivity index (χ0v) is 17.7. The Morgan fingerprint density at radius 2 is 1.41 bits per heavy atom. The average molecular weight is 413 g/mol. The Morgan fingerprint density at radius 1 is 0.897 bits per heavy atom. The predicted octanol–water partition coefficient (Wildman–Crippen LogP) is 5.32. The third kappa shape index (κ3) is 5.45. The molecule has 6 heteroatoms. The van der Waals surface area contributed by atoms with E-state index in [9.17, 15) is 14.7 Å². The van der Waals surface area contributed by atoms with Gasteiger partial charge in [-0.1, -0.05) is 13.8 Å². The molecule has 0 bridgehead atoms. The number of hydrogen-bond acceptors (Lipinski definition) is 5. The van der Waals surface area contributed by atoms with Gasteiger partial charge in [0.25, 0.3) is 0 Å². The summed E-state index contributed by atoms with van der Waals surface area (Å²) in [5.74, 6) is 0.299. The molecule has 0 amide bonds. The minimum Gasteiger partial charge on any atom is -0.497 e. The van der Waals surface area contributed by atoms with Gasteiger partial charge in [-0.2, -0.15) is 0 Å². The van der Waals surface area contributed by atoms with Crippen LogP contribution in [0.15, 0.2) is 54.6 Å². The highest BCUT2D eigenvalue weighted by Crippen LogP contribution is 2.35. The summed E-state index contributed by atoms with van der Waals surface area (Å²) in [6, 6.07) is 15.9. The lowest BCUT2D eigenvalue weighted by molar-refractivity contribution is -0.136. The van der Waals surface area contributed by atoms with Gasteiger partial charge in [0.2, 0.25) is 5.78 Å². The molecule has 3 rings (SSSR count). The fourth-order valence-corrected chi connectivity index (χ4v) is 3.85. The number of carboxylic acids is 1. The topological polar surface area (TPSA) is 72.8 Å². The highest BCUT2D eigenvalue weighted by atomic mass is 32.1. The predicted molar refractivity (Wildman–Crippen MR) is 115 cm³/mol. The van der Waals surface area contributed by atoms with E-state index in [1.54, 1.807) is 44.6 Å². The van der Waals surface area contributed by atoms with Crippen LogP contribution < -0.4 is 9.47 Å². The fraction of sp³-hybridized carbons (Fsp3) is 0.217. The number of aliphatic carboxylic acids is 1. The summed E-state index contributed by atoms with van der Waals surface area (Å²) in [5.41, 5.74) is 2.00. The Bertz CT molecular complexity index is 956. The third-order valence-electron chi connectivity index (χ3n) is 4.08. The minimum absolute atomic E-state index is 0.144. The van der Waals surface area contributed by atoms with Gasteiger partial charge in [-0.3, -0.25) is 9.59 Å². The summed E-state index contributed by atoms with van der Waals surface area (Å²) >= 11 is 1.30. The molecule has 3 aromatic rings. The molecule has 0 atom stereocenters. The quantitative estimate of drug-likeness (QED) is 0.532. The van der Waals surface area contributed by atoms with E-state index in [2.05, 4.69) is 0 Å². The van der Waals surface area contributed by atoms with Gasteiger partial charge in [0, 0.05) is 10.4 Å². The molecule has 152 valence electrons. The molecule has 2 aromatic carbocycles. The van der Waals surface area contributed by atoms with Gasteiger partial charge in [-0.25, -0.2) is 0 Å². The van der Waals surface area contributed by atoms with Gasteiger partial charge in [-0.15, -0.1) is 11.3 Å². The first-order valence-corrected chi connectivity index (χ1v) is 10.0. The summed E-state index contributed by atoms with van der Waals surface area (Å²) in [6.45, 7) is 4.00. The number of carbonyl (C=O) groups is 2. The molecule has 29 heavy (non-hydrogen) atoms.